The van der Waals surface area contributed by atoms with E-state index < -0.39 is 0 Å². The predicted octanol–water partition coefficient (Wildman–Crippen LogP) is 1.19. The van der Waals surface area contributed by atoms with Crippen LogP contribution in [0.15, 0.2) is 24.3 Å². The minimum atomic E-state index is -0.324. The number of carbonyl (C=O) groups excluding carboxylic acids is 1. The van der Waals surface area contributed by atoms with E-state index in [1.807, 2.05) is 6.07 Å². The van der Waals surface area contributed by atoms with Gasteiger partial charge in [0, 0.05) is 12.2 Å². The lowest BCUT2D eigenvalue weighted by Gasteiger charge is -2.30. The number of carbonyl (C=O) groups is 1. The zero-order chi connectivity index (χ0) is 15.4. The summed E-state index contributed by atoms with van der Waals surface area (Å²) in [6, 6.07) is 8.38. The van der Waals surface area contributed by atoms with Gasteiger partial charge in [-0.25, -0.2) is 4.68 Å². The number of hydrogen-bond donors (Lipinski definition) is 0. The van der Waals surface area contributed by atoms with Crippen molar-refractivity contribution in [2.45, 2.75) is 32.9 Å². The Kier molecular flexibility index (Phi) is 4.32. The van der Waals surface area contributed by atoms with Gasteiger partial charge in [-0.1, -0.05) is 18.2 Å². The van der Waals surface area contributed by atoms with E-state index in [0.29, 0.717) is 19.0 Å². The van der Waals surface area contributed by atoms with Gasteiger partial charge >= 0.3 is 5.97 Å². The number of fused-ring (bicyclic) bond motifs is 1. The summed E-state index contributed by atoms with van der Waals surface area (Å²) in [5.74, 6) is 0.347. The van der Waals surface area contributed by atoms with Crippen LogP contribution in [-0.2, 0) is 29.0 Å². The summed E-state index contributed by atoms with van der Waals surface area (Å²) in [6.45, 7) is 3.73. The second kappa shape index (κ2) is 6.55. The Labute approximate surface area is 128 Å². The molecule has 22 heavy (non-hydrogen) atoms. The molecule has 0 radical (unpaired) electrons. The maximum Gasteiger partial charge on any atom is 0.327 e. The molecule has 0 saturated carbocycles. The number of nitrogens with zero attached hydrogens (tertiary/aromatic N) is 5. The summed E-state index contributed by atoms with van der Waals surface area (Å²) in [4.78, 5) is 13.9. The number of para-hydroxylation sites is 1. The highest BCUT2D eigenvalue weighted by Gasteiger charge is 2.19. The molecule has 0 fully saturated rings. The van der Waals surface area contributed by atoms with E-state index in [1.165, 1.54) is 15.9 Å². The molecule has 116 valence electrons. The predicted molar refractivity (Wildman–Crippen MR) is 80.3 cm³/mol. The lowest BCUT2D eigenvalue weighted by Crippen LogP contribution is -2.30. The van der Waals surface area contributed by atoms with E-state index in [-0.39, 0.29) is 12.5 Å². The van der Waals surface area contributed by atoms with Crippen molar-refractivity contribution >= 4 is 11.7 Å². The second-order valence-corrected chi connectivity index (χ2v) is 5.21. The van der Waals surface area contributed by atoms with Crippen LogP contribution in [0.4, 0.5) is 5.69 Å². The van der Waals surface area contributed by atoms with Gasteiger partial charge in [-0.3, -0.25) is 4.79 Å². The molecule has 0 N–H and O–H groups in total. The molecule has 1 aliphatic rings. The monoisotopic (exact) mass is 301 g/mol. The van der Waals surface area contributed by atoms with Crippen molar-refractivity contribution in [3.63, 3.8) is 0 Å². The largest absolute Gasteiger partial charge is 0.465 e. The topological polar surface area (TPSA) is 73.1 Å². The SMILES string of the molecule is CCOC(=O)Cn1nnnc1CN1CCCc2ccccc21. The number of anilines is 1. The molecule has 0 amide bonds. The molecule has 0 atom stereocenters. The van der Waals surface area contributed by atoms with Crippen LogP contribution in [-0.4, -0.2) is 39.3 Å². The lowest BCUT2D eigenvalue weighted by molar-refractivity contribution is -0.144. The van der Waals surface area contributed by atoms with E-state index in [4.69, 9.17) is 4.74 Å². The average molecular weight is 301 g/mol. The van der Waals surface area contributed by atoms with Crippen LogP contribution in [0.1, 0.15) is 24.7 Å². The summed E-state index contributed by atoms with van der Waals surface area (Å²) in [5, 5.41) is 11.6. The van der Waals surface area contributed by atoms with Crippen molar-refractivity contribution in [3.8, 4) is 0 Å². The highest BCUT2D eigenvalue weighted by Crippen LogP contribution is 2.27. The molecule has 0 spiro atoms. The summed E-state index contributed by atoms with van der Waals surface area (Å²) in [7, 11) is 0. The molecule has 0 saturated heterocycles. The third-order valence-corrected chi connectivity index (χ3v) is 3.73. The van der Waals surface area contributed by atoms with Crippen LogP contribution in [0, 0.1) is 0 Å². The molecule has 7 heteroatoms. The van der Waals surface area contributed by atoms with Crippen LogP contribution in [0.5, 0.6) is 0 Å². The fraction of sp³-hybridized carbons (Fsp3) is 0.467. The minimum Gasteiger partial charge on any atom is -0.465 e. The van der Waals surface area contributed by atoms with Crippen LogP contribution < -0.4 is 4.90 Å². The van der Waals surface area contributed by atoms with E-state index in [2.05, 4.69) is 38.6 Å². The molecular weight excluding hydrogens is 282 g/mol. The van der Waals surface area contributed by atoms with Gasteiger partial charge in [0.05, 0.1) is 13.2 Å². The van der Waals surface area contributed by atoms with Gasteiger partial charge in [0.15, 0.2) is 5.82 Å². The zero-order valence-corrected chi connectivity index (χ0v) is 12.6. The van der Waals surface area contributed by atoms with Crippen molar-refractivity contribution in [1.29, 1.82) is 0 Å². The zero-order valence-electron chi connectivity index (χ0n) is 12.6. The molecule has 0 unspecified atom stereocenters. The molecule has 2 aromatic rings. The number of hydrogen-bond acceptors (Lipinski definition) is 6. The van der Waals surface area contributed by atoms with Gasteiger partial charge < -0.3 is 9.64 Å². The Morgan fingerprint density at radius 2 is 2.23 bits per heavy atom. The van der Waals surface area contributed by atoms with Gasteiger partial charge in [-0.15, -0.1) is 5.10 Å². The molecule has 1 aromatic heterocycles. The quantitative estimate of drug-likeness (QED) is 0.772. The standard InChI is InChI=1S/C15H19N5O2/c1-2-22-15(21)11-20-14(16-17-18-20)10-19-9-5-7-12-6-3-4-8-13(12)19/h3-4,6,8H,2,5,7,9-11H2,1H3. The maximum atomic E-state index is 11.6. The smallest absolute Gasteiger partial charge is 0.327 e. The fourth-order valence-corrected chi connectivity index (χ4v) is 2.73. The highest BCUT2D eigenvalue weighted by molar-refractivity contribution is 5.69. The summed E-state index contributed by atoms with van der Waals surface area (Å²) < 4.78 is 6.46. The Morgan fingerprint density at radius 3 is 3.09 bits per heavy atom. The normalized spacial score (nSPS) is 13.8. The second-order valence-electron chi connectivity index (χ2n) is 5.21. The van der Waals surface area contributed by atoms with E-state index >= 15 is 0 Å². The third kappa shape index (κ3) is 3.08. The molecule has 2 heterocycles. The van der Waals surface area contributed by atoms with Crippen molar-refractivity contribution < 1.29 is 9.53 Å². The summed E-state index contributed by atoms with van der Waals surface area (Å²) >= 11 is 0. The lowest BCUT2D eigenvalue weighted by atomic mass is 10.0. The molecule has 7 nitrogen and oxygen atoms in total. The van der Waals surface area contributed by atoms with Gasteiger partial charge in [0.1, 0.15) is 6.54 Å². The first-order valence-corrected chi connectivity index (χ1v) is 7.51. The van der Waals surface area contributed by atoms with Crippen LogP contribution in [0.3, 0.4) is 0 Å². The first-order chi connectivity index (χ1) is 10.8. The molecular formula is C15H19N5O2. The van der Waals surface area contributed by atoms with Crippen LogP contribution in [0.2, 0.25) is 0 Å². The van der Waals surface area contributed by atoms with Crippen molar-refractivity contribution in [1.82, 2.24) is 20.2 Å². The number of ether oxygens (including phenoxy) is 1. The first kappa shape index (κ1) is 14.5. The maximum absolute atomic E-state index is 11.6. The number of aryl methyl sites for hydroxylation is 1. The molecule has 0 aliphatic carbocycles. The van der Waals surface area contributed by atoms with Crippen LogP contribution in [0.25, 0.3) is 0 Å². The molecule has 1 aliphatic heterocycles. The van der Waals surface area contributed by atoms with E-state index in [0.717, 1.165) is 19.4 Å². The van der Waals surface area contributed by atoms with E-state index in [9.17, 15) is 4.79 Å². The summed E-state index contributed by atoms with van der Waals surface area (Å²) in [5.41, 5.74) is 2.57. The van der Waals surface area contributed by atoms with Gasteiger partial charge in [-0.2, -0.15) is 0 Å². The Bertz CT molecular complexity index is 655. The van der Waals surface area contributed by atoms with Crippen molar-refractivity contribution in [3.05, 3.63) is 35.7 Å². The number of rotatable bonds is 5. The first-order valence-electron chi connectivity index (χ1n) is 7.51. The van der Waals surface area contributed by atoms with Gasteiger partial charge in [0.2, 0.25) is 0 Å². The Morgan fingerprint density at radius 1 is 1.36 bits per heavy atom. The summed E-state index contributed by atoms with van der Waals surface area (Å²) in [6.07, 6.45) is 2.21. The number of aromatic nitrogens is 4. The van der Waals surface area contributed by atoms with Crippen molar-refractivity contribution in [2.75, 3.05) is 18.1 Å². The van der Waals surface area contributed by atoms with Crippen molar-refractivity contribution in [2.24, 2.45) is 0 Å². The number of benzene rings is 1. The van der Waals surface area contributed by atoms with Crippen LogP contribution >= 0.6 is 0 Å². The Hall–Kier alpha value is -2.44. The minimum absolute atomic E-state index is 0.0473. The molecule has 3 rings (SSSR count). The number of tetrazole rings is 1. The average Bonchev–Trinajstić information content (AvgIpc) is 2.95. The van der Waals surface area contributed by atoms with E-state index in [1.54, 1.807) is 6.92 Å². The van der Waals surface area contributed by atoms with Gasteiger partial charge in [0.25, 0.3) is 0 Å². The molecule has 0 bridgehead atoms. The number of esters is 1. The molecule has 1 aromatic carbocycles. The Balaban J connectivity index is 1.75. The fourth-order valence-electron chi connectivity index (χ4n) is 2.73. The third-order valence-electron chi connectivity index (χ3n) is 3.73. The van der Waals surface area contributed by atoms with Gasteiger partial charge in [-0.05, 0) is 41.8 Å². The highest BCUT2D eigenvalue weighted by atomic mass is 16.5.